The molecule has 0 radical (unpaired) electrons. The van der Waals surface area contributed by atoms with Crippen LogP contribution in [0.25, 0.3) is 11.3 Å². The van der Waals surface area contributed by atoms with E-state index in [-0.39, 0.29) is 5.82 Å². The zero-order valence-electron chi connectivity index (χ0n) is 19.5. The van der Waals surface area contributed by atoms with Crippen molar-refractivity contribution in [3.05, 3.63) is 35.5 Å². The van der Waals surface area contributed by atoms with Crippen LogP contribution in [0.15, 0.2) is 29.6 Å². The highest BCUT2D eigenvalue weighted by molar-refractivity contribution is 7.14. The molecule has 2 rings (SSSR count). The van der Waals surface area contributed by atoms with E-state index in [4.69, 9.17) is 4.98 Å². The molecule has 1 unspecified atom stereocenters. The van der Waals surface area contributed by atoms with Crippen molar-refractivity contribution < 1.29 is 4.39 Å². The summed E-state index contributed by atoms with van der Waals surface area (Å²) in [5.74, 6) is 1.33. The van der Waals surface area contributed by atoms with Gasteiger partial charge in [0, 0.05) is 24.0 Å². The van der Waals surface area contributed by atoms with Crippen molar-refractivity contribution in [2.24, 2.45) is 11.8 Å². The maximum Gasteiger partial charge on any atom is 0.185 e. The number of nitrogens with zero attached hydrogens (tertiary/aromatic N) is 2. The van der Waals surface area contributed by atoms with Crippen molar-refractivity contribution >= 4 is 16.5 Å². The molecule has 4 heteroatoms. The van der Waals surface area contributed by atoms with E-state index in [0.29, 0.717) is 0 Å². The summed E-state index contributed by atoms with van der Waals surface area (Å²) in [6.45, 7) is 11.4. The van der Waals surface area contributed by atoms with Crippen molar-refractivity contribution in [2.45, 2.75) is 85.5 Å². The lowest BCUT2D eigenvalue weighted by Crippen LogP contribution is -2.31. The largest absolute Gasteiger partial charge is 0.348 e. The Labute approximate surface area is 187 Å². The Kier molecular flexibility index (Phi) is 11.4. The highest BCUT2D eigenvalue weighted by Gasteiger charge is 2.18. The minimum atomic E-state index is -0.199. The molecule has 2 aromatic rings. The van der Waals surface area contributed by atoms with Gasteiger partial charge in [-0.2, -0.15) is 0 Å². The van der Waals surface area contributed by atoms with Crippen LogP contribution in [-0.4, -0.2) is 18.1 Å². The first-order valence-corrected chi connectivity index (χ1v) is 12.9. The number of hydrogen-bond donors (Lipinski definition) is 0. The van der Waals surface area contributed by atoms with Crippen LogP contribution in [0.2, 0.25) is 0 Å². The van der Waals surface area contributed by atoms with Crippen molar-refractivity contribution in [1.29, 1.82) is 0 Å². The predicted octanol–water partition coefficient (Wildman–Crippen LogP) is 8.58. The molecule has 0 saturated carbocycles. The molecule has 1 aromatic carbocycles. The van der Waals surface area contributed by atoms with Gasteiger partial charge in [0.1, 0.15) is 5.82 Å². The normalized spacial score (nSPS) is 13.4. The zero-order valence-corrected chi connectivity index (χ0v) is 20.3. The Hall–Kier alpha value is -1.42. The molecule has 2 nitrogen and oxygen atoms in total. The van der Waals surface area contributed by atoms with Crippen LogP contribution in [0.4, 0.5) is 9.52 Å². The van der Waals surface area contributed by atoms with Crippen LogP contribution >= 0.6 is 11.3 Å². The molecule has 0 bridgehead atoms. The van der Waals surface area contributed by atoms with Gasteiger partial charge in [0.05, 0.1) is 5.69 Å². The molecule has 0 aliphatic rings. The third-order valence-electron chi connectivity index (χ3n) is 6.27. The minimum Gasteiger partial charge on any atom is -0.348 e. The molecule has 0 fully saturated rings. The summed E-state index contributed by atoms with van der Waals surface area (Å²) in [4.78, 5) is 7.50. The van der Waals surface area contributed by atoms with Crippen molar-refractivity contribution in [2.75, 3.05) is 18.0 Å². The first kappa shape index (κ1) is 24.8. The van der Waals surface area contributed by atoms with Gasteiger partial charge >= 0.3 is 0 Å². The smallest absolute Gasteiger partial charge is 0.185 e. The van der Waals surface area contributed by atoms with Gasteiger partial charge in [0.2, 0.25) is 0 Å². The van der Waals surface area contributed by atoms with E-state index in [1.165, 1.54) is 69.9 Å². The number of halogens is 1. The molecule has 1 aromatic heterocycles. The number of anilines is 1. The predicted molar refractivity (Wildman–Crippen MR) is 131 cm³/mol. The van der Waals surface area contributed by atoms with Crippen molar-refractivity contribution in [3.8, 4) is 11.3 Å². The molecule has 2 atom stereocenters. The van der Waals surface area contributed by atoms with Gasteiger partial charge in [-0.3, -0.25) is 0 Å². The van der Waals surface area contributed by atoms with Gasteiger partial charge in [-0.05, 0) is 48.9 Å². The Morgan fingerprint density at radius 3 is 2.13 bits per heavy atom. The first-order chi connectivity index (χ1) is 14.6. The van der Waals surface area contributed by atoms with E-state index < -0.39 is 0 Å². The zero-order chi connectivity index (χ0) is 21.8. The number of aromatic nitrogens is 1. The van der Waals surface area contributed by atoms with Crippen LogP contribution in [0.5, 0.6) is 0 Å². The van der Waals surface area contributed by atoms with E-state index in [2.05, 4.69) is 38.0 Å². The monoisotopic (exact) mass is 432 g/mol. The van der Waals surface area contributed by atoms with Gasteiger partial charge in [-0.1, -0.05) is 72.6 Å². The maximum absolute atomic E-state index is 13.3. The van der Waals surface area contributed by atoms with Gasteiger partial charge in [0.15, 0.2) is 5.13 Å². The Balaban J connectivity index is 2.14. The second-order valence-corrected chi connectivity index (χ2v) is 9.43. The maximum atomic E-state index is 13.3. The third kappa shape index (κ3) is 8.02. The third-order valence-corrected chi connectivity index (χ3v) is 7.18. The molecule has 168 valence electrons. The van der Waals surface area contributed by atoms with Crippen LogP contribution in [0.3, 0.4) is 0 Å². The van der Waals surface area contributed by atoms with E-state index in [9.17, 15) is 4.39 Å². The Bertz CT molecular complexity index is 697. The average molecular weight is 433 g/mol. The fourth-order valence-electron chi connectivity index (χ4n) is 4.04. The van der Waals surface area contributed by atoms with Crippen LogP contribution in [0.1, 0.15) is 85.5 Å². The van der Waals surface area contributed by atoms with Crippen LogP contribution in [0, 0.1) is 17.7 Å². The summed E-state index contributed by atoms with van der Waals surface area (Å²) >= 11 is 1.73. The summed E-state index contributed by atoms with van der Waals surface area (Å²) in [7, 11) is 0. The summed E-state index contributed by atoms with van der Waals surface area (Å²) < 4.78 is 13.3. The molecule has 0 saturated heterocycles. The summed E-state index contributed by atoms with van der Waals surface area (Å²) in [5, 5.41) is 3.24. The highest BCUT2D eigenvalue weighted by Crippen LogP contribution is 2.30. The lowest BCUT2D eigenvalue weighted by atomic mass is 9.95. The van der Waals surface area contributed by atoms with E-state index in [0.717, 1.165) is 41.3 Å². The lowest BCUT2D eigenvalue weighted by Gasteiger charge is -2.28. The summed E-state index contributed by atoms with van der Waals surface area (Å²) in [6.07, 6.45) is 11.5. The average Bonchev–Trinajstić information content (AvgIpc) is 3.25. The van der Waals surface area contributed by atoms with Crippen molar-refractivity contribution in [1.82, 2.24) is 4.98 Å². The van der Waals surface area contributed by atoms with Gasteiger partial charge < -0.3 is 4.90 Å². The lowest BCUT2D eigenvalue weighted by molar-refractivity contribution is 0.402. The quantitative estimate of drug-likeness (QED) is 0.280. The van der Waals surface area contributed by atoms with E-state index >= 15 is 0 Å². The summed E-state index contributed by atoms with van der Waals surface area (Å²) in [5.41, 5.74) is 1.95. The van der Waals surface area contributed by atoms with Crippen LogP contribution < -0.4 is 4.90 Å². The summed E-state index contributed by atoms with van der Waals surface area (Å²) in [6, 6.07) is 6.69. The number of thiazole rings is 1. The second kappa shape index (κ2) is 13.8. The molecular formula is C26H41FN2S. The molecular weight excluding hydrogens is 391 g/mol. The SMILES string of the molecule is CCCCC(CC)CN(CC[C@H](CC)CCCC)c1nc(-c2ccc(F)cc2)cs1. The molecule has 0 aliphatic carbocycles. The molecule has 0 aliphatic heterocycles. The van der Waals surface area contributed by atoms with Crippen molar-refractivity contribution in [3.63, 3.8) is 0 Å². The van der Waals surface area contributed by atoms with E-state index in [1.54, 1.807) is 11.3 Å². The number of benzene rings is 1. The molecule has 1 heterocycles. The number of rotatable bonds is 15. The fourth-order valence-corrected chi connectivity index (χ4v) is 4.91. The standard InChI is InChI=1S/C26H41FN2S/c1-5-9-11-21(7-3)17-18-29(19-22(8-4)12-10-6-2)26-28-25(20-30-26)23-13-15-24(27)16-14-23/h13-16,20-22H,5-12,17-19H2,1-4H3/t21-,22?/m1/s1. The number of unbranched alkanes of at least 4 members (excludes halogenated alkanes) is 2. The minimum absolute atomic E-state index is 0.199. The Morgan fingerprint density at radius 1 is 0.900 bits per heavy atom. The molecule has 30 heavy (non-hydrogen) atoms. The van der Waals surface area contributed by atoms with Crippen LogP contribution in [-0.2, 0) is 0 Å². The first-order valence-electron chi connectivity index (χ1n) is 12.1. The molecule has 0 spiro atoms. The highest BCUT2D eigenvalue weighted by atomic mass is 32.1. The number of hydrogen-bond acceptors (Lipinski definition) is 3. The van der Waals surface area contributed by atoms with Gasteiger partial charge in [-0.15, -0.1) is 11.3 Å². The molecule has 0 N–H and O–H groups in total. The Morgan fingerprint density at radius 2 is 1.53 bits per heavy atom. The van der Waals surface area contributed by atoms with Gasteiger partial charge in [0.25, 0.3) is 0 Å². The second-order valence-electron chi connectivity index (χ2n) is 8.59. The topological polar surface area (TPSA) is 16.1 Å². The fraction of sp³-hybridized carbons (Fsp3) is 0.654. The van der Waals surface area contributed by atoms with Gasteiger partial charge in [-0.25, -0.2) is 9.37 Å². The molecule has 0 amide bonds. The van der Waals surface area contributed by atoms with E-state index in [1.807, 2.05) is 12.1 Å².